The molecule has 48 heavy (non-hydrogen) atoms. The number of alkyl halides is 3. The van der Waals surface area contributed by atoms with Crippen molar-refractivity contribution in [2.45, 2.75) is 32.1 Å². The van der Waals surface area contributed by atoms with E-state index in [1.165, 1.54) is 6.20 Å². The fourth-order valence-corrected chi connectivity index (χ4v) is 6.39. The fourth-order valence-electron chi connectivity index (χ4n) is 6.39. The Labute approximate surface area is 274 Å². The monoisotopic (exact) mass is 661 g/mol. The zero-order valence-corrected chi connectivity index (χ0v) is 26.6. The number of nitrogens with zero attached hydrogens (tertiary/aromatic N) is 7. The molecule has 0 unspecified atom stereocenters. The molecule has 250 valence electrons. The molecule has 0 radical (unpaired) electrons. The number of carbonyl (C=O) groups is 1. The van der Waals surface area contributed by atoms with E-state index in [1.807, 2.05) is 49.5 Å². The number of H-pyrrole nitrogens is 1. The van der Waals surface area contributed by atoms with E-state index in [0.29, 0.717) is 42.8 Å². The molecular formula is C34H35F4N9O. The van der Waals surface area contributed by atoms with Crippen LogP contribution in [0.2, 0.25) is 0 Å². The van der Waals surface area contributed by atoms with E-state index >= 15 is 4.39 Å². The highest BCUT2D eigenvalue weighted by Gasteiger charge is 2.35. The lowest BCUT2D eigenvalue weighted by molar-refractivity contribution is -0.139. The van der Waals surface area contributed by atoms with E-state index in [0.717, 1.165) is 47.7 Å². The number of nitrogens with one attached hydrogen (secondary N) is 2. The molecule has 6 heterocycles. The van der Waals surface area contributed by atoms with Gasteiger partial charge < -0.3 is 20.1 Å². The Morgan fingerprint density at radius 3 is 2.54 bits per heavy atom. The molecule has 14 heteroatoms. The number of anilines is 2. The standard InChI is InChI=1S/C34H35F4N9O/c1-44-7-9-46(10-8-44)20-30-27(34(36,37)38)11-21(15-39-30)12-31(48)47-6-5-22-3-4-25(13-23(22)19-47)42-32-26-14-29(24-16-41-45(2)18-24)43-33(26)40-17-28(32)35/h3-4,11,13-18H,5-10,12,19-20H2,1-2H3,(H2,40,42,43). The van der Waals surface area contributed by atoms with Gasteiger partial charge in [0, 0.05) is 81.9 Å². The van der Waals surface area contributed by atoms with E-state index < -0.39 is 17.6 Å². The first-order valence-corrected chi connectivity index (χ1v) is 15.8. The van der Waals surface area contributed by atoms with Crippen LogP contribution in [0.15, 0.2) is 55.1 Å². The summed E-state index contributed by atoms with van der Waals surface area (Å²) in [4.78, 5) is 30.8. The topological polar surface area (TPSA) is 98.2 Å². The number of hydrogen-bond donors (Lipinski definition) is 2. The SMILES string of the molecule is CN1CCN(Cc2ncc(CC(=O)N3CCc4ccc(Nc5c(F)cnc6[nH]c(-c7cnn(C)c7)cc56)cc4C3)cc2C(F)(F)F)CC1. The third-order valence-corrected chi connectivity index (χ3v) is 9.13. The van der Waals surface area contributed by atoms with Crippen molar-refractivity contribution in [1.82, 2.24) is 39.4 Å². The average molecular weight is 662 g/mol. The summed E-state index contributed by atoms with van der Waals surface area (Å²) in [7, 11) is 3.80. The number of pyridine rings is 2. The summed E-state index contributed by atoms with van der Waals surface area (Å²) in [5.74, 6) is -0.798. The molecule has 0 bridgehead atoms. The van der Waals surface area contributed by atoms with Crippen molar-refractivity contribution < 1.29 is 22.4 Å². The molecule has 2 N–H and O–H groups in total. The number of likely N-dealkylation sites (N-methyl/N-ethyl adjacent to an activating group) is 1. The highest BCUT2D eigenvalue weighted by atomic mass is 19.4. The average Bonchev–Trinajstić information content (AvgIpc) is 3.70. The zero-order valence-electron chi connectivity index (χ0n) is 26.6. The molecule has 0 spiro atoms. The van der Waals surface area contributed by atoms with Crippen molar-refractivity contribution in [2.75, 3.05) is 45.1 Å². The summed E-state index contributed by atoms with van der Waals surface area (Å²) >= 11 is 0. The lowest BCUT2D eigenvalue weighted by Gasteiger charge is -2.32. The van der Waals surface area contributed by atoms with Crippen LogP contribution in [0.5, 0.6) is 0 Å². The molecule has 1 saturated heterocycles. The minimum absolute atomic E-state index is 0.0222. The molecule has 0 saturated carbocycles. The molecule has 10 nitrogen and oxygen atoms in total. The van der Waals surface area contributed by atoms with E-state index in [-0.39, 0.29) is 42.4 Å². The number of piperazine rings is 1. The third-order valence-electron chi connectivity index (χ3n) is 9.13. The maximum atomic E-state index is 15.1. The van der Waals surface area contributed by atoms with Gasteiger partial charge in [0.2, 0.25) is 5.91 Å². The van der Waals surface area contributed by atoms with Crippen LogP contribution in [0.1, 0.15) is 27.9 Å². The van der Waals surface area contributed by atoms with Crippen molar-refractivity contribution in [2.24, 2.45) is 7.05 Å². The fraction of sp³-hybridized carbons (Fsp3) is 0.353. The van der Waals surface area contributed by atoms with E-state index in [9.17, 15) is 18.0 Å². The largest absolute Gasteiger partial charge is 0.418 e. The Morgan fingerprint density at radius 2 is 1.79 bits per heavy atom. The number of aryl methyl sites for hydroxylation is 1. The lowest BCUT2D eigenvalue weighted by Crippen LogP contribution is -2.44. The maximum Gasteiger partial charge on any atom is 0.418 e. The van der Waals surface area contributed by atoms with Gasteiger partial charge in [0.1, 0.15) is 5.65 Å². The van der Waals surface area contributed by atoms with Crippen LogP contribution in [-0.4, -0.2) is 85.1 Å². The van der Waals surface area contributed by atoms with Gasteiger partial charge in [-0.15, -0.1) is 0 Å². The molecule has 2 aliphatic rings. The Kier molecular flexibility index (Phi) is 8.37. The highest BCUT2D eigenvalue weighted by molar-refractivity contribution is 5.95. The first kappa shape index (κ1) is 31.8. The van der Waals surface area contributed by atoms with Gasteiger partial charge in [-0.2, -0.15) is 18.3 Å². The molecule has 0 aliphatic carbocycles. The molecule has 1 aromatic carbocycles. The number of benzene rings is 1. The Hall–Kier alpha value is -4.82. The summed E-state index contributed by atoms with van der Waals surface area (Å²) in [5, 5.41) is 7.97. The molecule has 5 aromatic rings. The second-order valence-electron chi connectivity index (χ2n) is 12.6. The third kappa shape index (κ3) is 6.62. The molecule has 2 aliphatic heterocycles. The predicted octanol–water partition coefficient (Wildman–Crippen LogP) is 5.13. The van der Waals surface area contributed by atoms with Gasteiger partial charge in [-0.05, 0) is 54.4 Å². The summed E-state index contributed by atoms with van der Waals surface area (Å²) in [6.45, 7) is 3.76. The van der Waals surface area contributed by atoms with Crippen molar-refractivity contribution in [3.05, 3.63) is 88.9 Å². The van der Waals surface area contributed by atoms with Crippen LogP contribution in [0, 0.1) is 5.82 Å². The minimum atomic E-state index is -4.58. The number of aromatic nitrogens is 5. The molecule has 7 rings (SSSR count). The number of fused-ring (bicyclic) bond motifs is 2. The Bertz CT molecular complexity index is 1980. The van der Waals surface area contributed by atoms with Gasteiger partial charge in [0.25, 0.3) is 0 Å². The lowest BCUT2D eigenvalue weighted by atomic mass is 9.98. The number of hydrogen-bond acceptors (Lipinski definition) is 7. The van der Waals surface area contributed by atoms with Crippen molar-refractivity contribution in [1.29, 1.82) is 0 Å². The van der Waals surface area contributed by atoms with Gasteiger partial charge in [0.05, 0.1) is 41.5 Å². The second kappa shape index (κ2) is 12.7. The molecule has 4 aromatic heterocycles. The van der Waals surface area contributed by atoms with Crippen molar-refractivity contribution >= 4 is 28.3 Å². The van der Waals surface area contributed by atoms with Crippen molar-refractivity contribution in [3.63, 3.8) is 0 Å². The van der Waals surface area contributed by atoms with Gasteiger partial charge in [-0.25, -0.2) is 9.37 Å². The van der Waals surface area contributed by atoms with Crippen LogP contribution >= 0.6 is 0 Å². The number of halogens is 4. The first-order valence-electron chi connectivity index (χ1n) is 15.8. The summed E-state index contributed by atoms with van der Waals surface area (Å²) in [6, 6.07) is 8.59. The van der Waals surface area contributed by atoms with E-state index in [2.05, 4.69) is 30.3 Å². The number of amides is 1. The molecular weight excluding hydrogens is 626 g/mol. The van der Waals surface area contributed by atoms with E-state index in [4.69, 9.17) is 0 Å². The van der Waals surface area contributed by atoms with Crippen LogP contribution in [0.25, 0.3) is 22.3 Å². The smallest absolute Gasteiger partial charge is 0.352 e. The zero-order chi connectivity index (χ0) is 33.6. The van der Waals surface area contributed by atoms with Gasteiger partial charge in [0.15, 0.2) is 5.82 Å². The summed E-state index contributed by atoms with van der Waals surface area (Å²) in [5.41, 5.74) is 4.35. The molecule has 1 amide bonds. The Morgan fingerprint density at radius 1 is 0.979 bits per heavy atom. The molecule has 1 fully saturated rings. The van der Waals surface area contributed by atoms with Crippen molar-refractivity contribution in [3.8, 4) is 11.3 Å². The predicted molar refractivity (Wildman–Crippen MR) is 173 cm³/mol. The van der Waals surface area contributed by atoms with E-state index in [1.54, 1.807) is 15.8 Å². The quantitative estimate of drug-likeness (QED) is 0.234. The normalized spacial score (nSPS) is 16.0. The number of rotatable bonds is 7. The van der Waals surface area contributed by atoms with Gasteiger partial charge >= 0.3 is 6.18 Å². The maximum absolute atomic E-state index is 15.1. The highest BCUT2D eigenvalue weighted by Crippen LogP contribution is 2.34. The molecule has 0 atom stereocenters. The first-order chi connectivity index (χ1) is 23.0. The summed E-state index contributed by atoms with van der Waals surface area (Å²) < 4.78 is 59.0. The Balaban J connectivity index is 1.06. The summed E-state index contributed by atoms with van der Waals surface area (Å²) in [6.07, 6.45) is 1.93. The van der Waals surface area contributed by atoms with Gasteiger partial charge in [-0.1, -0.05) is 6.07 Å². The minimum Gasteiger partial charge on any atom is -0.352 e. The van der Waals surface area contributed by atoms with Crippen LogP contribution in [-0.2, 0) is 43.9 Å². The van der Waals surface area contributed by atoms with Crippen LogP contribution in [0.3, 0.4) is 0 Å². The number of carbonyl (C=O) groups excluding carboxylic acids is 1. The number of aromatic amines is 1. The second-order valence-corrected chi connectivity index (χ2v) is 12.6. The van der Waals surface area contributed by atoms with Crippen LogP contribution in [0.4, 0.5) is 28.9 Å². The van der Waals surface area contributed by atoms with Crippen LogP contribution < -0.4 is 5.32 Å². The van der Waals surface area contributed by atoms with Gasteiger partial charge in [-0.3, -0.25) is 19.4 Å².